The standard InChI is InChI=1S/C30H26N4O3/c1-3-16-31-28(35)20-12-14-21(15-13-20)33-29(36)25-17-23-22-6-4-5-7-24(22)32-26(23)27(34(25)30(33)37)19-10-8-18(2)9-11-19/h3-15,25,27,32H,1,16-17H2,2H3,(H,31,35)/t25-,27-/m0/s1. The van der Waals surface area contributed by atoms with E-state index in [-0.39, 0.29) is 17.8 Å². The molecule has 6 rings (SSSR count). The van der Waals surface area contributed by atoms with E-state index in [1.807, 2.05) is 49.4 Å². The SMILES string of the molecule is C=CCNC(=O)c1ccc(N2C(=O)[C@@H]3Cc4c([nH]c5ccccc45)[C@H](c4ccc(C)cc4)N3C2=O)cc1. The average molecular weight is 491 g/mol. The molecule has 7 heteroatoms. The minimum atomic E-state index is -0.624. The molecule has 3 heterocycles. The number of carbonyl (C=O) groups excluding carboxylic acids is 3. The zero-order valence-electron chi connectivity index (χ0n) is 20.4. The molecule has 4 amide bonds. The van der Waals surface area contributed by atoms with Gasteiger partial charge in [0.15, 0.2) is 0 Å². The van der Waals surface area contributed by atoms with Crippen molar-refractivity contribution >= 4 is 34.4 Å². The van der Waals surface area contributed by atoms with Crippen molar-refractivity contribution < 1.29 is 14.4 Å². The molecule has 0 aliphatic carbocycles. The molecule has 1 aromatic heterocycles. The first kappa shape index (κ1) is 22.8. The molecule has 2 aliphatic rings. The Bertz CT molecular complexity index is 1550. The number of aryl methyl sites for hydroxylation is 1. The highest BCUT2D eigenvalue weighted by atomic mass is 16.2. The van der Waals surface area contributed by atoms with E-state index in [0.29, 0.717) is 24.2 Å². The van der Waals surface area contributed by atoms with Crippen molar-refractivity contribution in [3.05, 3.63) is 113 Å². The molecule has 1 fully saturated rings. The molecule has 0 bridgehead atoms. The summed E-state index contributed by atoms with van der Waals surface area (Å²) in [5.41, 5.74) is 5.96. The summed E-state index contributed by atoms with van der Waals surface area (Å²) in [7, 11) is 0. The Morgan fingerprint density at radius 2 is 1.78 bits per heavy atom. The van der Waals surface area contributed by atoms with E-state index in [2.05, 4.69) is 22.9 Å². The number of rotatable bonds is 5. The lowest BCUT2D eigenvalue weighted by atomic mass is 9.88. The maximum Gasteiger partial charge on any atom is 0.332 e. The Kier molecular flexibility index (Phi) is 5.41. The van der Waals surface area contributed by atoms with Crippen molar-refractivity contribution in [3.8, 4) is 0 Å². The second-order valence-electron chi connectivity index (χ2n) is 9.51. The summed E-state index contributed by atoms with van der Waals surface area (Å²) in [5.74, 6) is -0.505. The fraction of sp³-hybridized carbons (Fsp3) is 0.167. The van der Waals surface area contributed by atoms with Crippen LogP contribution in [-0.2, 0) is 11.2 Å². The molecule has 4 aromatic rings. The number of nitrogens with one attached hydrogen (secondary N) is 2. The van der Waals surface area contributed by atoms with Crippen molar-refractivity contribution in [2.24, 2.45) is 0 Å². The number of benzene rings is 3. The van der Waals surface area contributed by atoms with Crippen LogP contribution in [0.5, 0.6) is 0 Å². The van der Waals surface area contributed by atoms with Gasteiger partial charge in [-0.15, -0.1) is 6.58 Å². The Balaban J connectivity index is 1.41. The third-order valence-electron chi connectivity index (χ3n) is 7.24. The lowest BCUT2D eigenvalue weighted by Crippen LogP contribution is -2.44. The van der Waals surface area contributed by atoms with Gasteiger partial charge in [0.2, 0.25) is 0 Å². The largest absolute Gasteiger partial charge is 0.356 e. The molecule has 0 saturated carbocycles. The highest BCUT2D eigenvalue weighted by Crippen LogP contribution is 2.44. The normalized spacial score (nSPS) is 18.6. The third-order valence-corrected chi connectivity index (χ3v) is 7.24. The van der Waals surface area contributed by atoms with Crippen LogP contribution in [0.2, 0.25) is 0 Å². The van der Waals surface area contributed by atoms with Crippen LogP contribution in [0.15, 0.2) is 85.5 Å². The Labute approximate surface area is 214 Å². The Morgan fingerprint density at radius 3 is 2.51 bits per heavy atom. The van der Waals surface area contributed by atoms with Gasteiger partial charge in [-0.05, 0) is 48.4 Å². The Morgan fingerprint density at radius 1 is 1.05 bits per heavy atom. The van der Waals surface area contributed by atoms with Crippen molar-refractivity contribution in [1.82, 2.24) is 15.2 Å². The summed E-state index contributed by atoms with van der Waals surface area (Å²) in [5, 5.41) is 3.80. The van der Waals surface area contributed by atoms with Gasteiger partial charge >= 0.3 is 6.03 Å². The van der Waals surface area contributed by atoms with Crippen molar-refractivity contribution in [2.45, 2.75) is 25.4 Å². The predicted octanol–water partition coefficient (Wildman–Crippen LogP) is 4.88. The van der Waals surface area contributed by atoms with Crippen molar-refractivity contribution in [3.63, 3.8) is 0 Å². The van der Waals surface area contributed by atoms with Crippen LogP contribution in [0.4, 0.5) is 10.5 Å². The van der Waals surface area contributed by atoms with Gasteiger partial charge in [0.05, 0.1) is 5.69 Å². The highest BCUT2D eigenvalue weighted by Gasteiger charge is 2.53. The summed E-state index contributed by atoms with van der Waals surface area (Å²) in [6, 6.07) is 21.3. The smallest absolute Gasteiger partial charge is 0.332 e. The van der Waals surface area contributed by atoms with Crippen molar-refractivity contribution in [2.75, 3.05) is 11.4 Å². The van der Waals surface area contributed by atoms with Crippen LogP contribution in [0, 0.1) is 6.92 Å². The molecule has 1 saturated heterocycles. The number of fused-ring (bicyclic) bond motifs is 4. The van der Waals surface area contributed by atoms with Crippen LogP contribution in [0.1, 0.15) is 38.8 Å². The van der Waals surface area contributed by atoms with Crippen LogP contribution in [0.25, 0.3) is 10.9 Å². The van der Waals surface area contributed by atoms with E-state index in [0.717, 1.165) is 33.3 Å². The fourth-order valence-electron chi connectivity index (χ4n) is 5.44. The zero-order chi connectivity index (χ0) is 25.7. The first-order chi connectivity index (χ1) is 18.0. The lowest BCUT2D eigenvalue weighted by molar-refractivity contribution is -0.120. The molecule has 0 spiro atoms. The first-order valence-electron chi connectivity index (χ1n) is 12.3. The van der Waals surface area contributed by atoms with Crippen LogP contribution < -0.4 is 10.2 Å². The number of nitrogens with zero attached hydrogens (tertiary/aromatic N) is 2. The molecule has 0 unspecified atom stereocenters. The molecule has 2 aliphatic heterocycles. The average Bonchev–Trinajstić information content (AvgIpc) is 3.41. The summed E-state index contributed by atoms with van der Waals surface area (Å²) >= 11 is 0. The summed E-state index contributed by atoms with van der Waals surface area (Å²) in [6.45, 7) is 5.98. The van der Waals surface area contributed by atoms with E-state index >= 15 is 0 Å². The molecule has 3 aromatic carbocycles. The number of imide groups is 1. The number of hydrogen-bond donors (Lipinski definition) is 2. The number of amides is 4. The minimum Gasteiger partial charge on any atom is -0.356 e. The lowest BCUT2D eigenvalue weighted by Gasteiger charge is -2.36. The number of H-pyrrole nitrogens is 1. The van der Waals surface area contributed by atoms with Crippen LogP contribution in [0.3, 0.4) is 0 Å². The number of anilines is 1. The van der Waals surface area contributed by atoms with Crippen LogP contribution >= 0.6 is 0 Å². The first-order valence-corrected chi connectivity index (χ1v) is 12.3. The maximum absolute atomic E-state index is 13.9. The molecule has 37 heavy (non-hydrogen) atoms. The van der Waals surface area contributed by atoms with E-state index in [1.165, 1.54) is 4.90 Å². The monoisotopic (exact) mass is 490 g/mol. The molecule has 2 N–H and O–H groups in total. The van der Waals surface area contributed by atoms with Gasteiger partial charge in [-0.25, -0.2) is 9.69 Å². The number of aromatic amines is 1. The van der Waals surface area contributed by atoms with Gasteiger partial charge in [0.1, 0.15) is 12.1 Å². The van der Waals surface area contributed by atoms with Gasteiger partial charge in [-0.1, -0.05) is 54.1 Å². The van der Waals surface area contributed by atoms with Gasteiger partial charge in [-0.2, -0.15) is 0 Å². The number of aromatic nitrogens is 1. The zero-order valence-corrected chi connectivity index (χ0v) is 20.4. The summed E-state index contributed by atoms with van der Waals surface area (Å²) < 4.78 is 0. The quantitative estimate of drug-likeness (QED) is 0.309. The topological polar surface area (TPSA) is 85.5 Å². The van der Waals surface area contributed by atoms with Gasteiger partial charge < -0.3 is 10.3 Å². The third kappa shape index (κ3) is 3.62. The highest BCUT2D eigenvalue weighted by molar-refractivity contribution is 6.22. The molecule has 2 atom stereocenters. The molecular formula is C30H26N4O3. The summed E-state index contributed by atoms with van der Waals surface area (Å²) in [6.07, 6.45) is 2.04. The molecule has 7 nitrogen and oxygen atoms in total. The number of para-hydroxylation sites is 1. The number of hydrogen-bond acceptors (Lipinski definition) is 3. The van der Waals surface area contributed by atoms with E-state index < -0.39 is 12.1 Å². The summed E-state index contributed by atoms with van der Waals surface area (Å²) in [4.78, 5) is 46.5. The number of carbonyl (C=O) groups is 3. The van der Waals surface area contributed by atoms with E-state index in [4.69, 9.17) is 0 Å². The van der Waals surface area contributed by atoms with Crippen molar-refractivity contribution in [1.29, 1.82) is 0 Å². The predicted molar refractivity (Wildman–Crippen MR) is 143 cm³/mol. The number of urea groups is 1. The molecule has 184 valence electrons. The molecular weight excluding hydrogens is 464 g/mol. The molecule has 0 radical (unpaired) electrons. The second kappa shape index (κ2) is 8.78. The van der Waals surface area contributed by atoms with E-state index in [9.17, 15) is 14.4 Å². The van der Waals surface area contributed by atoms with Gasteiger partial charge in [0, 0.05) is 35.1 Å². The maximum atomic E-state index is 13.9. The van der Waals surface area contributed by atoms with Crippen LogP contribution in [-0.4, -0.2) is 40.3 Å². The van der Waals surface area contributed by atoms with E-state index in [1.54, 1.807) is 35.2 Å². The minimum absolute atomic E-state index is 0.243. The Hall–Kier alpha value is -4.65. The second-order valence-corrected chi connectivity index (χ2v) is 9.51. The van der Waals surface area contributed by atoms with Gasteiger partial charge in [0.25, 0.3) is 11.8 Å². The van der Waals surface area contributed by atoms with Gasteiger partial charge in [-0.3, -0.25) is 14.5 Å². The fourth-order valence-corrected chi connectivity index (χ4v) is 5.44.